The zero-order chi connectivity index (χ0) is 10.4. The first-order chi connectivity index (χ1) is 5.99. The van der Waals surface area contributed by atoms with E-state index >= 15 is 0 Å². The van der Waals surface area contributed by atoms with E-state index in [1.807, 2.05) is 20.8 Å². The fourth-order valence-electron chi connectivity index (χ4n) is 0.958. The number of hydrogen-bond donors (Lipinski definition) is 1. The highest BCUT2D eigenvalue weighted by Gasteiger charge is 2.21. The molecule has 0 aliphatic heterocycles. The minimum absolute atomic E-state index is 0.0332. The van der Waals surface area contributed by atoms with Crippen molar-refractivity contribution in [2.45, 2.75) is 39.7 Å². The highest BCUT2D eigenvalue weighted by Crippen LogP contribution is 2.05. The van der Waals surface area contributed by atoms with Crippen LogP contribution >= 0.6 is 11.6 Å². The molecule has 76 valence electrons. The second-order valence-electron chi connectivity index (χ2n) is 3.34. The van der Waals surface area contributed by atoms with Gasteiger partial charge in [-0.3, -0.25) is 9.59 Å². The van der Waals surface area contributed by atoms with E-state index in [4.69, 9.17) is 11.6 Å². The van der Waals surface area contributed by atoms with E-state index in [-0.39, 0.29) is 11.8 Å². The molecular formula is C9H16ClNO2. The molecule has 0 saturated carbocycles. The maximum Gasteiger partial charge on any atom is 0.244 e. The van der Waals surface area contributed by atoms with E-state index in [2.05, 4.69) is 5.32 Å². The normalized spacial score (nSPS) is 12.7. The first kappa shape index (κ1) is 12.4. The summed E-state index contributed by atoms with van der Waals surface area (Å²) in [5.74, 6) is -0.0824. The summed E-state index contributed by atoms with van der Waals surface area (Å²) in [7, 11) is 0. The molecule has 1 amide bonds. The molecule has 0 aromatic heterocycles. The first-order valence-corrected chi connectivity index (χ1v) is 4.85. The van der Waals surface area contributed by atoms with Gasteiger partial charge in [-0.25, -0.2) is 0 Å². The van der Waals surface area contributed by atoms with Crippen molar-refractivity contribution < 1.29 is 9.59 Å². The molecule has 0 fully saturated rings. The maximum atomic E-state index is 11.1. The lowest BCUT2D eigenvalue weighted by molar-refractivity contribution is -0.125. The van der Waals surface area contributed by atoms with Crippen molar-refractivity contribution in [2.24, 2.45) is 5.92 Å². The number of carbonyl (C=O) groups is 2. The molecule has 0 radical (unpaired) electrons. The molecule has 0 saturated heterocycles. The van der Waals surface area contributed by atoms with Gasteiger partial charge in [0.1, 0.15) is 6.04 Å². The third-order valence-corrected chi connectivity index (χ3v) is 1.94. The summed E-state index contributed by atoms with van der Waals surface area (Å²) in [5, 5.41) is 2.10. The van der Waals surface area contributed by atoms with Gasteiger partial charge in [-0.15, -0.1) is 0 Å². The van der Waals surface area contributed by atoms with Crippen LogP contribution in [-0.4, -0.2) is 17.2 Å². The second-order valence-corrected chi connectivity index (χ2v) is 3.72. The molecule has 1 unspecified atom stereocenters. The summed E-state index contributed by atoms with van der Waals surface area (Å²) in [6.45, 7) is 5.60. The Bertz CT molecular complexity index is 192. The number of amides is 1. The summed E-state index contributed by atoms with van der Waals surface area (Å²) >= 11 is 5.33. The van der Waals surface area contributed by atoms with Crippen LogP contribution in [0, 0.1) is 5.92 Å². The third kappa shape index (κ3) is 4.88. The SMILES string of the molecule is CCCC(=O)NC(C(=O)Cl)C(C)C. The molecule has 4 heteroatoms. The summed E-state index contributed by atoms with van der Waals surface area (Å²) in [6, 6.07) is -0.555. The van der Waals surface area contributed by atoms with Gasteiger partial charge in [-0.05, 0) is 23.9 Å². The Hall–Kier alpha value is -0.570. The Morgan fingerprint density at radius 3 is 2.23 bits per heavy atom. The van der Waals surface area contributed by atoms with Gasteiger partial charge in [0.25, 0.3) is 0 Å². The van der Waals surface area contributed by atoms with Crippen molar-refractivity contribution in [1.29, 1.82) is 0 Å². The first-order valence-electron chi connectivity index (χ1n) is 4.47. The molecule has 0 spiro atoms. The van der Waals surface area contributed by atoms with Crippen LogP contribution in [0.2, 0.25) is 0 Å². The highest BCUT2D eigenvalue weighted by atomic mass is 35.5. The van der Waals surface area contributed by atoms with Gasteiger partial charge >= 0.3 is 0 Å². The molecule has 0 aromatic carbocycles. The standard InChI is InChI=1S/C9H16ClNO2/c1-4-5-7(12)11-8(6(2)3)9(10)13/h6,8H,4-5H2,1-3H3,(H,11,12). The molecule has 0 aliphatic carbocycles. The van der Waals surface area contributed by atoms with Gasteiger partial charge in [-0.1, -0.05) is 20.8 Å². The number of halogens is 1. The molecular weight excluding hydrogens is 190 g/mol. The number of carbonyl (C=O) groups excluding carboxylic acids is 2. The molecule has 0 rings (SSSR count). The molecule has 0 aromatic rings. The van der Waals surface area contributed by atoms with E-state index < -0.39 is 11.3 Å². The molecule has 0 bridgehead atoms. The van der Waals surface area contributed by atoms with Gasteiger partial charge in [0.05, 0.1) is 0 Å². The minimum Gasteiger partial charge on any atom is -0.345 e. The third-order valence-electron chi connectivity index (χ3n) is 1.70. The molecule has 1 N–H and O–H groups in total. The van der Waals surface area contributed by atoms with Crippen LogP contribution in [0.5, 0.6) is 0 Å². The second kappa shape index (κ2) is 5.97. The van der Waals surface area contributed by atoms with Crippen LogP contribution in [0.4, 0.5) is 0 Å². The molecule has 0 aliphatic rings. The summed E-state index contributed by atoms with van der Waals surface area (Å²) in [4.78, 5) is 22.0. The smallest absolute Gasteiger partial charge is 0.244 e. The number of nitrogens with one attached hydrogen (secondary N) is 1. The predicted molar refractivity (Wildman–Crippen MR) is 52.5 cm³/mol. The average molecular weight is 206 g/mol. The summed E-state index contributed by atoms with van der Waals surface area (Å²) in [6.07, 6.45) is 1.21. The average Bonchev–Trinajstić information content (AvgIpc) is 1.99. The number of rotatable bonds is 5. The Morgan fingerprint density at radius 2 is 1.92 bits per heavy atom. The fraction of sp³-hybridized carbons (Fsp3) is 0.778. The molecule has 0 heterocycles. The van der Waals surface area contributed by atoms with Crippen molar-refractivity contribution in [3.05, 3.63) is 0 Å². The lowest BCUT2D eigenvalue weighted by Crippen LogP contribution is -2.42. The van der Waals surface area contributed by atoms with E-state index in [9.17, 15) is 9.59 Å². The lowest BCUT2D eigenvalue weighted by atomic mass is 10.1. The van der Waals surface area contributed by atoms with Gasteiger partial charge in [0, 0.05) is 6.42 Å². The predicted octanol–water partition coefficient (Wildman–Crippen LogP) is 1.69. The van der Waals surface area contributed by atoms with Crippen LogP contribution in [0.25, 0.3) is 0 Å². The maximum absolute atomic E-state index is 11.1. The quantitative estimate of drug-likeness (QED) is 0.695. The van der Waals surface area contributed by atoms with E-state index in [0.717, 1.165) is 6.42 Å². The van der Waals surface area contributed by atoms with Crippen molar-refractivity contribution in [1.82, 2.24) is 5.32 Å². The van der Waals surface area contributed by atoms with Crippen LogP contribution < -0.4 is 5.32 Å². The molecule has 13 heavy (non-hydrogen) atoms. The van der Waals surface area contributed by atoms with E-state index in [1.54, 1.807) is 0 Å². The van der Waals surface area contributed by atoms with E-state index in [1.165, 1.54) is 0 Å². The van der Waals surface area contributed by atoms with E-state index in [0.29, 0.717) is 6.42 Å². The Balaban J connectivity index is 4.10. The lowest BCUT2D eigenvalue weighted by Gasteiger charge is -2.17. The Kier molecular flexibility index (Phi) is 5.71. The fourth-order valence-corrected chi connectivity index (χ4v) is 1.26. The summed E-state index contributed by atoms with van der Waals surface area (Å²) in [5.41, 5.74) is 0. The van der Waals surface area contributed by atoms with Crippen molar-refractivity contribution in [3.8, 4) is 0 Å². The zero-order valence-electron chi connectivity index (χ0n) is 8.26. The van der Waals surface area contributed by atoms with Crippen LogP contribution in [0.3, 0.4) is 0 Å². The van der Waals surface area contributed by atoms with Crippen molar-refractivity contribution in [3.63, 3.8) is 0 Å². The largest absolute Gasteiger partial charge is 0.345 e. The van der Waals surface area contributed by atoms with Gasteiger partial charge in [0.2, 0.25) is 11.1 Å². The van der Waals surface area contributed by atoms with Crippen molar-refractivity contribution in [2.75, 3.05) is 0 Å². The highest BCUT2D eigenvalue weighted by molar-refractivity contribution is 6.64. The van der Waals surface area contributed by atoms with Gasteiger partial charge < -0.3 is 5.32 Å². The molecule has 1 atom stereocenters. The Labute approximate surface area is 83.8 Å². The molecule has 3 nitrogen and oxygen atoms in total. The Morgan fingerprint density at radius 1 is 1.38 bits per heavy atom. The summed E-state index contributed by atoms with van der Waals surface area (Å²) < 4.78 is 0. The monoisotopic (exact) mass is 205 g/mol. The zero-order valence-corrected chi connectivity index (χ0v) is 9.02. The minimum atomic E-state index is -0.555. The van der Waals surface area contributed by atoms with Gasteiger partial charge in [0.15, 0.2) is 0 Å². The number of hydrogen-bond acceptors (Lipinski definition) is 2. The van der Waals surface area contributed by atoms with Crippen LogP contribution in [0.15, 0.2) is 0 Å². The van der Waals surface area contributed by atoms with Crippen molar-refractivity contribution >= 4 is 22.8 Å². The van der Waals surface area contributed by atoms with Crippen LogP contribution in [-0.2, 0) is 9.59 Å². The van der Waals surface area contributed by atoms with Gasteiger partial charge in [-0.2, -0.15) is 0 Å². The topological polar surface area (TPSA) is 46.2 Å². The van der Waals surface area contributed by atoms with Crippen LogP contribution in [0.1, 0.15) is 33.6 Å².